The van der Waals surface area contributed by atoms with Crippen molar-refractivity contribution in [2.45, 2.75) is 26.4 Å². The molecule has 39 heavy (non-hydrogen) atoms. The highest BCUT2D eigenvalue weighted by Crippen LogP contribution is 2.40. The number of carbonyl (C=O) groups is 1. The normalized spacial score (nSPS) is 12.2. The number of hydrogen-bond donors (Lipinski definition) is 1. The van der Waals surface area contributed by atoms with Gasteiger partial charge in [-0.2, -0.15) is 13.2 Å². The topological polar surface area (TPSA) is 62.1 Å². The monoisotopic (exact) mass is 551 g/mol. The Labute approximate surface area is 230 Å². The molecule has 0 aromatic heterocycles. The fraction of sp³-hybridized carbons (Fsp3) is 0.194. The summed E-state index contributed by atoms with van der Waals surface area (Å²) >= 11 is 6.11. The lowest BCUT2D eigenvalue weighted by Crippen LogP contribution is -2.15. The summed E-state index contributed by atoms with van der Waals surface area (Å²) in [6.45, 7) is 4.72. The summed E-state index contributed by atoms with van der Waals surface area (Å²) in [4.78, 5) is 12.4. The SMILES string of the molecule is CC[C@H](C)CNc1c(C([NH])=O)cc(Oc2ccc(C(F)(F)F)cc2Cl)cc1-c1ccc(-c2ccccc2)cc1. The zero-order valence-electron chi connectivity index (χ0n) is 21.4. The Balaban J connectivity index is 1.79. The van der Waals surface area contributed by atoms with Crippen LogP contribution in [0.25, 0.3) is 22.3 Å². The lowest BCUT2D eigenvalue weighted by molar-refractivity contribution is -0.137. The van der Waals surface area contributed by atoms with Crippen LogP contribution in [0, 0.1) is 5.92 Å². The van der Waals surface area contributed by atoms with Crippen LogP contribution < -0.4 is 15.8 Å². The molecule has 0 aliphatic rings. The average molecular weight is 552 g/mol. The number of carbonyl (C=O) groups excluding carboxylic acids is 1. The van der Waals surface area contributed by atoms with Crippen molar-refractivity contribution in [3.8, 4) is 33.8 Å². The van der Waals surface area contributed by atoms with E-state index in [1.807, 2.05) is 54.6 Å². The minimum Gasteiger partial charge on any atom is -0.456 e. The van der Waals surface area contributed by atoms with E-state index >= 15 is 0 Å². The molecule has 8 heteroatoms. The van der Waals surface area contributed by atoms with Crippen molar-refractivity contribution in [3.63, 3.8) is 0 Å². The van der Waals surface area contributed by atoms with Gasteiger partial charge >= 0.3 is 6.18 Å². The molecule has 4 rings (SSSR count). The quantitative estimate of drug-likeness (QED) is 0.225. The predicted octanol–water partition coefficient (Wildman–Crippen LogP) is 9.37. The van der Waals surface area contributed by atoms with Crippen LogP contribution in [-0.4, -0.2) is 12.5 Å². The van der Waals surface area contributed by atoms with Crippen molar-refractivity contribution in [2.24, 2.45) is 5.92 Å². The second kappa shape index (κ2) is 11.8. The van der Waals surface area contributed by atoms with Gasteiger partial charge in [0.25, 0.3) is 5.91 Å². The highest BCUT2D eigenvalue weighted by atomic mass is 35.5. The molecule has 0 spiro atoms. The standard InChI is InChI=1S/C31H27ClF3N2O2/c1-3-19(2)18-37-29-25(22-11-9-21(10-12-22)20-7-5-4-6-8-20)16-24(17-26(29)30(36)38)39-28-14-13-23(15-27(28)32)31(33,34)35/h4-17,19,36-37H,3,18H2,1-2H3/t19-/m0/s1. The molecule has 0 aliphatic heterocycles. The first kappa shape index (κ1) is 28.0. The third-order valence-corrected chi connectivity index (χ3v) is 6.77. The van der Waals surface area contributed by atoms with Crippen LogP contribution in [0.2, 0.25) is 5.02 Å². The molecule has 0 unspecified atom stereocenters. The number of anilines is 1. The summed E-state index contributed by atoms with van der Waals surface area (Å²) in [5.41, 5.74) is 11.1. The maximum Gasteiger partial charge on any atom is 0.416 e. The van der Waals surface area contributed by atoms with Gasteiger partial charge in [-0.25, -0.2) is 0 Å². The van der Waals surface area contributed by atoms with Crippen LogP contribution in [0.5, 0.6) is 11.5 Å². The van der Waals surface area contributed by atoms with Gasteiger partial charge in [0.1, 0.15) is 11.5 Å². The molecule has 0 saturated heterocycles. The molecule has 201 valence electrons. The van der Waals surface area contributed by atoms with Gasteiger partial charge in [-0.05, 0) is 52.9 Å². The molecular weight excluding hydrogens is 525 g/mol. The van der Waals surface area contributed by atoms with Gasteiger partial charge in [0.05, 0.1) is 21.8 Å². The van der Waals surface area contributed by atoms with E-state index < -0.39 is 17.6 Å². The van der Waals surface area contributed by atoms with Gasteiger partial charge in [-0.3, -0.25) is 10.5 Å². The zero-order valence-corrected chi connectivity index (χ0v) is 22.2. The van der Waals surface area contributed by atoms with Gasteiger partial charge < -0.3 is 10.1 Å². The maximum atomic E-state index is 13.1. The lowest BCUT2D eigenvalue weighted by atomic mass is 9.96. The van der Waals surface area contributed by atoms with Crippen molar-refractivity contribution in [3.05, 3.63) is 101 Å². The van der Waals surface area contributed by atoms with Crippen LogP contribution >= 0.6 is 11.6 Å². The Morgan fingerprint density at radius 2 is 1.59 bits per heavy atom. The largest absolute Gasteiger partial charge is 0.456 e. The second-order valence-electron chi connectivity index (χ2n) is 9.31. The first-order valence-electron chi connectivity index (χ1n) is 12.4. The Bertz CT molecular complexity index is 1460. The third kappa shape index (κ3) is 6.73. The molecule has 0 heterocycles. The van der Waals surface area contributed by atoms with Crippen molar-refractivity contribution >= 4 is 23.2 Å². The number of rotatable bonds is 9. The number of halogens is 4. The number of amides is 1. The van der Waals surface area contributed by atoms with E-state index in [0.717, 1.165) is 41.3 Å². The molecule has 1 atom stereocenters. The van der Waals surface area contributed by atoms with Crippen molar-refractivity contribution < 1.29 is 22.7 Å². The molecule has 1 amide bonds. The Morgan fingerprint density at radius 1 is 0.949 bits per heavy atom. The molecule has 1 radical (unpaired) electrons. The predicted molar refractivity (Wildman–Crippen MR) is 149 cm³/mol. The summed E-state index contributed by atoms with van der Waals surface area (Å²) in [7, 11) is 0. The van der Waals surface area contributed by atoms with Crippen LogP contribution in [-0.2, 0) is 6.18 Å². The summed E-state index contributed by atoms with van der Waals surface area (Å²) in [5.74, 6) is -0.441. The molecule has 4 nitrogen and oxygen atoms in total. The van der Waals surface area contributed by atoms with Crippen molar-refractivity contribution in [2.75, 3.05) is 11.9 Å². The molecule has 0 saturated carbocycles. The minimum absolute atomic E-state index is 0.00117. The second-order valence-corrected chi connectivity index (χ2v) is 9.71. The average Bonchev–Trinajstić information content (AvgIpc) is 2.92. The van der Waals surface area contributed by atoms with E-state index in [9.17, 15) is 18.0 Å². The summed E-state index contributed by atoms with van der Waals surface area (Å²) in [6.07, 6.45) is -3.62. The number of hydrogen-bond acceptors (Lipinski definition) is 3. The Morgan fingerprint density at radius 3 is 2.18 bits per heavy atom. The lowest BCUT2D eigenvalue weighted by Gasteiger charge is -2.20. The molecule has 0 aliphatic carbocycles. The third-order valence-electron chi connectivity index (χ3n) is 6.47. The molecule has 4 aromatic rings. The number of ether oxygens (including phenoxy) is 1. The molecule has 2 N–H and O–H groups in total. The minimum atomic E-state index is -4.55. The molecule has 0 fully saturated rings. The highest BCUT2D eigenvalue weighted by molar-refractivity contribution is 6.32. The van der Waals surface area contributed by atoms with Crippen LogP contribution in [0.3, 0.4) is 0 Å². The van der Waals surface area contributed by atoms with Crippen LogP contribution in [0.4, 0.5) is 18.9 Å². The van der Waals surface area contributed by atoms with Crippen LogP contribution in [0.15, 0.2) is 84.9 Å². The Kier molecular flexibility index (Phi) is 8.51. The van der Waals surface area contributed by atoms with E-state index in [0.29, 0.717) is 23.7 Å². The van der Waals surface area contributed by atoms with E-state index in [1.165, 1.54) is 6.07 Å². The fourth-order valence-electron chi connectivity index (χ4n) is 4.05. The fourth-order valence-corrected chi connectivity index (χ4v) is 4.27. The summed E-state index contributed by atoms with van der Waals surface area (Å²) in [6, 6.07) is 23.5. The number of alkyl halides is 3. The van der Waals surface area contributed by atoms with Crippen molar-refractivity contribution in [1.82, 2.24) is 5.73 Å². The van der Waals surface area contributed by atoms with Gasteiger partial charge in [0.15, 0.2) is 0 Å². The zero-order chi connectivity index (χ0) is 28.2. The first-order chi connectivity index (χ1) is 18.6. The first-order valence-corrected chi connectivity index (χ1v) is 12.8. The molecular formula is C31H27ClF3N2O2. The van der Waals surface area contributed by atoms with E-state index in [-0.39, 0.29) is 22.1 Å². The summed E-state index contributed by atoms with van der Waals surface area (Å²) < 4.78 is 45.1. The van der Waals surface area contributed by atoms with Gasteiger partial charge in [0, 0.05) is 12.1 Å². The van der Waals surface area contributed by atoms with E-state index in [2.05, 4.69) is 19.2 Å². The van der Waals surface area contributed by atoms with Crippen LogP contribution in [0.1, 0.15) is 36.2 Å². The summed E-state index contributed by atoms with van der Waals surface area (Å²) in [5, 5.41) is 3.11. The van der Waals surface area contributed by atoms with Gasteiger partial charge in [-0.15, -0.1) is 0 Å². The number of nitrogens with one attached hydrogen (secondary N) is 2. The highest BCUT2D eigenvalue weighted by Gasteiger charge is 2.31. The van der Waals surface area contributed by atoms with E-state index in [4.69, 9.17) is 22.1 Å². The molecule has 0 bridgehead atoms. The smallest absolute Gasteiger partial charge is 0.416 e. The van der Waals surface area contributed by atoms with Crippen molar-refractivity contribution in [1.29, 1.82) is 0 Å². The Hall–Kier alpha value is -3.97. The number of benzene rings is 4. The van der Waals surface area contributed by atoms with Gasteiger partial charge in [-0.1, -0.05) is 86.5 Å². The molecule has 4 aromatic carbocycles. The van der Waals surface area contributed by atoms with E-state index in [1.54, 1.807) is 6.07 Å². The maximum absolute atomic E-state index is 13.1. The van der Waals surface area contributed by atoms with Gasteiger partial charge in [0.2, 0.25) is 0 Å².